The number of nitrogens with one attached hydrogen (secondary N) is 1. The molecule has 2 aliphatic rings. The summed E-state index contributed by atoms with van der Waals surface area (Å²) in [4.78, 5) is 0. The third-order valence-corrected chi connectivity index (χ3v) is 5.74. The molecule has 0 radical (unpaired) electrons. The molecular formula is C15H19N3O4S. The molecule has 0 spiro atoms. The van der Waals surface area contributed by atoms with Crippen molar-refractivity contribution in [3.05, 3.63) is 18.0 Å². The van der Waals surface area contributed by atoms with Gasteiger partial charge >= 0.3 is 0 Å². The second kappa shape index (κ2) is 5.76. The van der Waals surface area contributed by atoms with Crippen LogP contribution in [0.4, 0.5) is 0 Å². The molecular weight excluding hydrogens is 318 g/mol. The van der Waals surface area contributed by atoms with Gasteiger partial charge < -0.3 is 8.83 Å². The van der Waals surface area contributed by atoms with Gasteiger partial charge in [-0.25, -0.2) is 13.1 Å². The highest BCUT2D eigenvalue weighted by Crippen LogP contribution is 2.40. The quantitative estimate of drug-likeness (QED) is 0.901. The van der Waals surface area contributed by atoms with Crippen LogP contribution in [-0.2, 0) is 10.0 Å². The number of hydrogen-bond acceptors (Lipinski definition) is 6. The smallest absolute Gasteiger partial charge is 0.283 e. The molecule has 2 aromatic heterocycles. The second-order valence-electron chi connectivity index (χ2n) is 6.29. The summed E-state index contributed by atoms with van der Waals surface area (Å²) in [6.07, 6.45) is 7.16. The Hall–Kier alpha value is -1.67. The molecule has 2 fully saturated rings. The fourth-order valence-electron chi connectivity index (χ4n) is 2.91. The van der Waals surface area contributed by atoms with Crippen molar-refractivity contribution < 1.29 is 17.3 Å². The standard InChI is InChI=1S/C15H19N3O4S/c19-23(20,18-11-4-2-1-3-5-11)13-9-8-12(21-13)15-17-16-14(22-15)10-6-7-10/h8-11,18H,1-7H2. The highest BCUT2D eigenvalue weighted by atomic mass is 32.2. The van der Waals surface area contributed by atoms with E-state index in [2.05, 4.69) is 14.9 Å². The van der Waals surface area contributed by atoms with Gasteiger partial charge in [0, 0.05) is 12.0 Å². The van der Waals surface area contributed by atoms with Crippen molar-refractivity contribution in [3.8, 4) is 11.7 Å². The molecule has 2 aliphatic carbocycles. The summed E-state index contributed by atoms with van der Waals surface area (Å²) < 4.78 is 38.5. The Bertz CT molecular complexity index is 785. The minimum atomic E-state index is -3.65. The van der Waals surface area contributed by atoms with Crippen LogP contribution in [0, 0.1) is 0 Å². The fourth-order valence-corrected chi connectivity index (χ4v) is 4.14. The van der Waals surface area contributed by atoms with E-state index in [1.165, 1.54) is 12.5 Å². The molecule has 124 valence electrons. The van der Waals surface area contributed by atoms with Gasteiger partial charge in [-0.3, -0.25) is 0 Å². The molecule has 2 aromatic rings. The normalized spacial score (nSPS) is 20.0. The van der Waals surface area contributed by atoms with Crippen LogP contribution in [0.5, 0.6) is 0 Å². The van der Waals surface area contributed by atoms with Crippen LogP contribution in [0.3, 0.4) is 0 Å². The Morgan fingerprint density at radius 3 is 2.52 bits per heavy atom. The maximum atomic E-state index is 12.4. The topological polar surface area (TPSA) is 98.2 Å². The van der Waals surface area contributed by atoms with Crippen LogP contribution < -0.4 is 4.72 Å². The van der Waals surface area contributed by atoms with Crippen molar-refractivity contribution in [2.45, 2.75) is 62.0 Å². The largest absolute Gasteiger partial charge is 0.438 e. The monoisotopic (exact) mass is 337 g/mol. The molecule has 0 bridgehead atoms. The molecule has 23 heavy (non-hydrogen) atoms. The Morgan fingerprint density at radius 2 is 1.78 bits per heavy atom. The highest BCUT2D eigenvalue weighted by molar-refractivity contribution is 7.89. The summed E-state index contributed by atoms with van der Waals surface area (Å²) in [6, 6.07) is 2.98. The summed E-state index contributed by atoms with van der Waals surface area (Å²) in [7, 11) is -3.65. The number of nitrogens with zero attached hydrogens (tertiary/aromatic N) is 2. The number of sulfonamides is 1. The molecule has 0 aromatic carbocycles. The van der Waals surface area contributed by atoms with Crippen molar-refractivity contribution in [2.75, 3.05) is 0 Å². The first-order chi connectivity index (χ1) is 11.1. The minimum absolute atomic E-state index is 0.00725. The lowest BCUT2D eigenvalue weighted by molar-refractivity contribution is 0.398. The lowest BCUT2D eigenvalue weighted by Crippen LogP contribution is -2.35. The van der Waals surface area contributed by atoms with Crippen LogP contribution in [-0.4, -0.2) is 24.7 Å². The summed E-state index contributed by atoms with van der Waals surface area (Å²) in [6.45, 7) is 0. The Labute approximate surface area is 134 Å². The van der Waals surface area contributed by atoms with Crippen molar-refractivity contribution in [3.63, 3.8) is 0 Å². The minimum Gasteiger partial charge on any atom is -0.438 e. The molecule has 0 unspecified atom stereocenters. The van der Waals surface area contributed by atoms with Crippen molar-refractivity contribution >= 4 is 10.0 Å². The van der Waals surface area contributed by atoms with Gasteiger partial charge in [0.1, 0.15) is 0 Å². The molecule has 0 saturated heterocycles. The number of aromatic nitrogens is 2. The van der Waals surface area contributed by atoms with Gasteiger partial charge in [0.15, 0.2) is 5.76 Å². The SMILES string of the molecule is O=S(=O)(NC1CCCCC1)c1ccc(-c2nnc(C3CC3)o2)o1. The molecule has 0 aliphatic heterocycles. The predicted molar refractivity (Wildman–Crippen MR) is 81.2 cm³/mol. The molecule has 1 N–H and O–H groups in total. The molecule has 2 saturated carbocycles. The fraction of sp³-hybridized carbons (Fsp3) is 0.600. The first kappa shape index (κ1) is 14.9. The lowest BCUT2D eigenvalue weighted by atomic mass is 9.96. The van der Waals surface area contributed by atoms with Crippen LogP contribution in [0.1, 0.15) is 56.8 Å². The van der Waals surface area contributed by atoms with Gasteiger partial charge in [0.25, 0.3) is 15.9 Å². The summed E-state index contributed by atoms with van der Waals surface area (Å²) in [5.41, 5.74) is 0. The van der Waals surface area contributed by atoms with Gasteiger partial charge in [-0.15, -0.1) is 10.2 Å². The Balaban J connectivity index is 1.51. The van der Waals surface area contributed by atoms with Crippen LogP contribution in [0.25, 0.3) is 11.7 Å². The number of rotatable bonds is 5. The first-order valence-corrected chi connectivity index (χ1v) is 9.56. The summed E-state index contributed by atoms with van der Waals surface area (Å²) in [5.74, 6) is 1.46. The molecule has 8 heteroatoms. The Kier molecular flexibility index (Phi) is 3.73. The van der Waals surface area contributed by atoms with E-state index in [1.807, 2.05) is 0 Å². The molecule has 0 amide bonds. The van der Waals surface area contributed by atoms with Crippen molar-refractivity contribution in [1.29, 1.82) is 0 Å². The highest BCUT2D eigenvalue weighted by Gasteiger charge is 2.30. The van der Waals surface area contributed by atoms with Gasteiger partial charge in [-0.2, -0.15) is 0 Å². The lowest BCUT2D eigenvalue weighted by Gasteiger charge is -2.21. The van der Waals surface area contributed by atoms with E-state index in [4.69, 9.17) is 8.83 Å². The average Bonchev–Trinajstić information content (AvgIpc) is 3.07. The van der Waals surface area contributed by atoms with Crippen molar-refractivity contribution in [2.24, 2.45) is 0 Å². The predicted octanol–water partition coefficient (Wildman–Crippen LogP) is 2.82. The maximum Gasteiger partial charge on any atom is 0.283 e. The third kappa shape index (κ3) is 3.18. The molecule has 2 heterocycles. The zero-order valence-corrected chi connectivity index (χ0v) is 13.5. The van der Waals surface area contributed by atoms with E-state index in [-0.39, 0.29) is 22.8 Å². The molecule has 7 nitrogen and oxygen atoms in total. The van der Waals surface area contributed by atoms with E-state index in [0.717, 1.165) is 38.5 Å². The van der Waals surface area contributed by atoms with Crippen molar-refractivity contribution in [1.82, 2.24) is 14.9 Å². The number of hydrogen-bond donors (Lipinski definition) is 1. The molecule has 0 atom stereocenters. The number of furan rings is 1. The zero-order valence-electron chi connectivity index (χ0n) is 12.7. The van der Waals surface area contributed by atoms with E-state index >= 15 is 0 Å². The Morgan fingerprint density at radius 1 is 1.00 bits per heavy atom. The summed E-state index contributed by atoms with van der Waals surface area (Å²) >= 11 is 0. The summed E-state index contributed by atoms with van der Waals surface area (Å²) in [5, 5.41) is 7.80. The van der Waals surface area contributed by atoms with E-state index in [9.17, 15) is 8.42 Å². The maximum absolute atomic E-state index is 12.4. The van der Waals surface area contributed by atoms with Crippen LogP contribution in [0.2, 0.25) is 0 Å². The van der Waals surface area contributed by atoms with E-state index in [1.54, 1.807) is 6.07 Å². The van der Waals surface area contributed by atoms with E-state index in [0.29, 0.717) is 11.8 Å². The van der Waals surface area contributed by atoms with Gasteiger partial charge in [0.05, 0.1) is 0 Å². The van der Waals surface area contributed by atoms with Gasteiger partial charge in [-0.05, 0) is 37.8 Å². The van der Waals surface area contributed by atoms with Crippen LogP contribution in [0.15, 0.2) is 26.1 Å². The zero-order chi connectivity index (χ0) is 15.9. The van der Waals surface area contributed by atoms with Gasteiger partial charge in [-0.1, -0.05) is 19.3 Å². The van der Waals surface area contributed by atoms with E-state index < -0.39 is 10.0 Å². The van der Waals surface area contributed by atoms with Crippen LogP contribution >= 0.6 is 0 Å². The third-order valence-electron chi connectivity index (χ3n) is 4.35. The average molecular weight is 337 g/mol. The molecule has 4 rings (SSSR count). The van der Waals surface area contributed by atoms with Gasteiger partial charge in [0.2, 0.25) is 11.0 Å². The first-order valence-electron chi connectivity index (χ1n) is 8.08. The second-order valence-corrected chi connectivity index (χ2v) is 7.94.